The number of Topliss-reactive ketones (excluding diaryl/α,β-unsaturated/α-hetero) is 1. The number of nitrogen functional groups attached to an aromatic ring is 1. The highest BCUT2D eigenvalue weighted by molar-refractivity contribution is 7.99. The maximum atomic E-state index is 10.7. The Kier molecular flexibility index (Phi) is 3.42. The van der Waals surface area contributed by atoms with E-state index < -0.39 is 0 Å². The second kappa shape index (κ2) is 4.58. The van der Waals surface area contributed by atoms with Gasteiger partial charge < -0.3 is 5.73 Å². The minimum absolute atomic E-state index is 0.0431. The fourth-order valence-electron chi connectivity index (χ4n) is 0.700. The summed E-state index contributed by atoms with van der Waals surface area (Å²) in [5, 5.41) is 8.97. The van der Waals surface area contributed by atoms with Crippen LogP contribution in [0.5, 0.6) is 0 Å². The summed E-state index contributed by atoms with van der Waals surface area (Å²) in [5.74, 6) is 0.501. The zero-order valence-corrected chi connectivity index (χ0v) is 8.34. The molecule has 0 aliphatic rings. The van der Waals surface area contributed by atoms with Crippen molar-refractivity contribution < 1.29 is 4.79 Å². The van der Waals surface area contributed by atoms with E-state index in [0.717, 1.165) is 0 Å². The van der Waals surface area contributed by atoms with Crippen molar-refractivity contribution in [3.8, 4) is 6.07 Å². The number of anilines is 1. The summed E-state index contributed by atoms with van der Waals surface area (Å²) in [6.07, 6.45) is 1.35. The van der Waals surface area contributed by atoms with E-state index in [-0.39, 0.29) is 17.2 Å². The molecule has 0 amide bonds. The van der Waals surface area contributed by atoms with Crippen molar-refractivity contribution in [2.45, 2.75) is 12.1 Å². The highest BCUT2D eigenvalue weighted by Crippen LogP contribution is 2.15. The van der Waals surface area contributed by atoms with Gasteiger partial charge in [0.1, 0.15) is 23.2 Å². The van der Waals surface area contributed by atoms with Gasteiger partial charge in [-0.1, -0.05) is 11.8 Å². The first-order valence-corrected chi connectivity index (χ1v) is 4.77. The Hall–Kier alpha value is -1.61. The van der Waals surface area contributed by atoms with E-state index in [9.17, 15) is 4.79 Å². The van der Waals surface area contributed by atoms with Crippen molar-refractivity contribution in [3.05, 3.63) is 11.8 Å². The molecule has 1 aromatic heterocycles. The van der Waals surface area contributed by atoms with Gasteiger partial charge in [0.15, 0.2) is 5.16 Å². The quantitative estimate of drug-likeness (QED) is 0.578. The highest BCUT2D eigenvalue weighted by Gasteiger charge is 2.04. The molecule has 0 spiro atoms. The second-order valence-corrected chi connectivity index (χ2v) is 3.50. The van der Waals surface area contributed by atoms with E-state index in [4.69, 9.17) is 11.0 Å². The first-order valence-electron chi connectivity index (χ1n) is 3.78. The number of hydrogen-bond donors (Lipinski definition) is 1. The fourth-order valence-corrected chi connectivity index (χ4v) is 1.32. The van der Waals surface area contributed by atoms with Gasteiger partial charge in [0.2, 0.25) is 0 Å². The van der Waals surface area contributed by atoms with Crippen LogP contribution in [-0.2, 0) is 4.79 Å². The van der Waals surface area contributed by atoms with E-state index >= 15 is 0 Å². The molecule has 0 saturated carbocycles. The van der Waals surface area contributed by atoms with E-state index in [1.807, 2.05) is 6.07 Å². The second-order valence-electron chi connectivity index (χ2n) is 2.55. The molecule has 2 N–H and O–H groups in total. The number of nitrogens with zero attached hydrogens (tertiary/aromatic N) is 3. The molecule has 0 saturated heterocycles. The maximum Gasteiger partial charge on any atom is 0.189 e. The number of hydrogen-bond acceptors (Lipinski definition) is 6. The number of nitrogens with two attached hydrogens (primary N) is 1. The van der Waals surface area contributed by atoms with Crippen molar-refractivity contribution in [2.75, 3.05) is 11.5 Å². The van der Waals surface area contributed by atoms with Gasteiger partial charge in [0.25, 0.3) is 0 Å². The lowest BCUT2D eigenvalue weighted by Gasteiger charge is -1.99. The molecule has 0 bridgehead atoms. The molecular formula is C8H8N4OS. The Balaban J connectivity index is 2.77. The summed E-state index contributed by atoms with van der Waals surface area (Å²) in [7, 11) is 0. The van der Waals surface area contributed by atoms with Crippen LogP contribution in [-0.4, -0.2) is 21.5 Å². The van der Waals surface area contributed by atoms with Gasteiger partial charge in [0, 0.05) is 0 Å². The predicted octanol–water partition coefficient (Wildman–Crippen LogP) is 0.612. The zero-order chi connectivity index (χ0) is 10.6. The van der Waals surface area contributed by atoms with Crippen LogP contribution in [0.1, 0.15) is 12.5 Å². The molecule has 0 fully saturated rings. The van der Waals surface area contributed by atoms with Gasteiger partial charge in [-0.15, -0.1) is 0 Å². The van der Waals surface area contributed by atoms with E-state index in [1.165, 1.54) is 24.9 Å². The van der Waals surface area contributed by atoms with Crippen LogP contribution < -0.4 is 5.73 Å². The lowest BCUT2D eigenvalue weighted by Crippen LogP contribution is -2.00. The van der Waals surface area contributed by atoms with Gasteiger partial charge >= 0.3 is 0 Å². The molecular weight excluding hydrogens is 200 g/mol. The highest BCUT2D eigenvalue weighted by atomic mass is 32.2. The first kappa shape index (κ1) is 10.5. The molecule has 0 aromatic carbocycles. The smallest absolute Gasteiger partial charge is 0.189 e. The summed E-state index contributed by atoms with van der Waals surface area (Å²) in [5.41, 5.74) is 5.71. The summed E-state index contributed by atoms with van der Waals surface area (Å²) < 4.78 is 0. The number of nitriles is 1. The molecule has 5 nitrogen and oxygen atoms in total. The monoisotopic (exact) mass is 208 g/mol. The van der Waals surface area contributed by atoms with E-state index in [2.05, 4.69) is 9.97 Å². The van der Waals surface area contributed by atoms with Crippen LogP contribution in [0.2, 0.25) is 0 Å². The topological polar surface area (TPSA) is 92.7 Å². The van der Waals surface area contributed by atoms with Crippen LogP contribution in [0.25, 0.3) is 0 Å². The average Bonchev–Trinajstić information content (AvgIpc) is 2.15. The SMILES string of the molecule is CC(=O)CSc1ncc(C#N)c(N)n1. The molecule has 14 heavy (non-hydrogen) atoms. The summed E-state index contributed by atoms with van der Waals surface area (Å²) in [6.45, 7) is 1.49. The molecule has 1 rings (SSSR count). The van der Waals surface area contributed by atoms with Crippen molar-refractivity contribution in [2.24, 2.45) is 0 Å². The molecule has 0 aliphatic carbocycles. The summed E-state index contributed by atoms with van der Waals surface area (Å²) >= 11 is 1.20. The first-order chi connectivity index (χ1) is 6.63. The third-order valence-corrected chi connectivity index (χ3v) is 2.33. The van der Waals surface area contributed by atoms with Gasteiger partial charge in [-0.25, -0.2) is 9.97 Å². The van der Waals surface area contributed by atoms with E-state index in [0.29, 0.717) is 10.9 Å². The number of carbonyl (C=O) groups excluding carboxylic acids is 1. The molecule has 0 radical (unpaired) electrons. The summed E-state index contributed by atoms with van der Waals surface area (Å²) in [6, 6.07) is 1.86. The van der Waals surface area contributed by atoms with Crippen molar-refractivity contribution in [1.82, 2.24) is 9.97 Å². The van der Waals surface area contributed by atoms with Crippen LogP contribution >= 0.6 is 11.8 Å². The van der Waals surface area contributed by atoms with Gasteiger partial charge in [-0.3, -0.25) is 4.79 Å². The summed E-state index contributed by atoms with van der Waals surface area (Å²) in [4.78, 5) is 18.4. The molecule has 1 heterocycles. The number of carbonyl (C=O) groups is 1. The Labute approximate surface area is 85.3 Å². The molecule has 6 heteroatoms. The normalized spacial score (nSPS) is 9.43. The maximum absolute atomic E-state index is 10.7. The molecule has 0 atom stereocenters. The van der Waals surface area contributed by atoms with Gasteiger partial charge in [-0.2, -0.15) is 5.26 Å². The van der Waals surface area contributed by atoms with Crippen LogP contribution in [0, 0.1) is 11.3 Å². The largest absolute Gasteiger partial charge is 0.382 e. The fraction of sp³-hybridized carbons (Fsp3) is 0.250. The Bertz CT molecular complexity index is 399. The molecule has 1 aromatic rings. The number of ketones is 1. The molecule has 0 aliphatic heterocycles. The molecule has 0 unspecified atom stereocenters. The molecule has 72 valence electrons. The number of thioether (sulfide) groups is 1. The average molecular weight is 208 g/mol. The minimum Gasteiger partial charge on any atom is -0.382 e. The van der Waals surface area contributed by atoms with Crippen molar-refractivity contribution in [1.29, 1.82) is 5.26 Å². The minimum atomic E-state index is 0.0431. The van der Waals surface area contributed by atoms with Crippen LogP contribution in [0.15, 0.2) is 11.4 Å². The van der Waals surface area contributed by atoms with Crippen LogP contribution in [0.4, 0.5) is 5.82 Å². The van der Waals surface area contributed by atoms with E-state index in [1.54, 1.807) is 0 Å². The van der Waals surface area contributed by atoms with Gasteiger partial charge in [0.05, 0.1) is 11.9 Å². The van der Waals surface area contributed by atoms with Crippen molar-refractivity contribution in [3.63, 3.8) is 0 Å². The predicted molar refractivity (Wildman–Crippen MR) is 52.6 cm³/mol. The Morgan fingerprint density at radius 3 is 3.00 bits per heavy atom. The van der Waals surface area contributed by atoms with Crippen LogP contribution in [0.3, 0.4) is 0 Å². The standard InChI is InChI=1S/C8H8N4OS/c1-5(13)4-14-8-11-3-6(2-9)7(10)12-8/h3H,4H2,1H3,(H2,10,11,12). The van der Waals surface area contributed by atoms with Gasteiger partial charge in [-0.05, 0) is 6.92 Å². The number of rotatable bonds is 3. The third-order valence-electron chi connectivity index (χ3n) is 1.32. The zero-order valence-electron chi connectivity index (χ0n) is 7.52. The van der Waals surface area contributed by atoms with Crippen molar-refractivity contribution >= 4 is 23.4 Å². The lowest BCUT2D eigenvalue weighted by atomic mass is 10.3. The Morgan fingerprint density at radius 2 is 2.50 bits per heavy atom. The third kappa shape index (κ3) is 2.71. The number of aromatic nitrogens is 2. The Morgan fingerprint density at radius 1 is 1.79 bits per heavy atom. The lowest BCUT2D eigenvalue weighted by molar-refractivity contribution is -0.114.